The van der Waals surface area contributed by atoms with Crippen LogP contribution in [0.25, 0.3) is 0 Å². The molecule has 0 saturated carbocycles. The fourth-order valence-electron chi connectivity index (χ4n) is 2.34. The van der Waals surface area contributed by atoms with E-state index < -0.39 is 112 Å². The van der Waals surface area contributed by atoms with Gasteiger partial charge in [0.15, 0.2) is 11.5 Å². The second-order valence-electron chi connectivity index (χ2n) is 4.74. The van der Waals surface area contributed by atoms with E-state index in [1.165, 1.54) is 0 Å². The van der Waals surface area contributed by atoms with Crippen molar-refractivity contribution < 1.29 is 44.7 Å². The summed E-state index contributed by atoms with van der Waals surface area (Å²) in [5, 5.41) is 11.4. The van der Waals surface area contributed by atoms with Crippen molar-refractivity contribution in [3.63, 3.8) is 0 Å². The van der Waals surface area contributed by atoms with Crippen molar-refractivity contribution in [1.82, 2.24) is 4.90 Å². The van der Waals surface area contributed by atoms with Crippen molar-refractivity contribution in [3.05, 3.63) is 23.2 Å². The van der Waals surface area contributed by atoms with E-state index in [0.717, 1.165) is 7.11 Å². The Morgan fingerprint density at radius 2 is 2.39 bits per heavy atom. The average Bonchev–Trinajstić information content (AvgIpc) is 2.81. The van der Waals surface area contributed by atoms with Gasteiger partial charge in [-0.15, -0.1) is 0 Å². The molecule has 3 atom stereocenters. The molecule has 1 saturated heterocycles. The smallest absolute Gasteiger partial charge is 0.161 e. The SMILES string of the molecule is [2H]c1c(OC([2H])([2H])[2H])c(OC)c([2H])c2c1C1N(CC([2H])(C([2H])([2H])C([2H])(C([2H])([2H])[2H])C([2H])([2H])[2H])C([2H])(O)C1([2H])[2H])C([2H])([2H])C2([2H])[2H]. The van der Waals surface area contributed by atoms with Crippen molar-refractivity contribution in [2.45, 2.75) is 44.9 Å². The number of benzene rings is 1. The van der Waals surface area contributed by atoms with E-state index in [9.17, 15) is 5.11 Å². The van der Waals surface area contributed by atoms with Crippen molar-refractivity contribution in [2.75, 3.05) is 27.2 Å². The number of hydrogen-bond donors (Lipinski definition) is 1. The molecule has 0 aromatic heterocycles. The minimum Gasteiger partial charge on any atom is -0.493 e. The Morgan fingerprint density at radius 3 is 3.13 bits per heavy atom. The Kier molecular flexibility index (Phi) is 1.30. The first-order valence-electron chi connectivity index (χ1n) is 17.5. The number of fused-ring (bicyclic) bond motifs is 3. The molecule has 3 rings (SSSR count). The molecule has 2 aliphatic heterocycles. The van der Waals surface area contributed by atoms with Gasteiger partial charge in [-0.2, -0.15) is 0 Å². The minimum atomic E-state index is -4.44. The summed E-state index contributed by atoms with van der Waals surface area (Å²) in [6.07, 6.45) is -16.3. The number of nitrogens with zero attached hydrogens (tertiary/aromatic N) is 1. The topological polar surface area (TPSA) is 41.9 Å². The molecule has 1 aromatic carbocycles. The van der Waals surface area contributed by atoms with Gasteiger partial charge in [0.05, 0.1) is 28.5 Å². The molecular weight excluding hydrogens is 290 g/mol. The van der Waals surface area contributed by atoms with E-state index in [0.29, 0.717) is 0 Å². The van der Waals surface area contributed by atoms with E-state index in [1.54, 1.807) is 0 Å². The number of aliphatic hydroxyl groups is 1. The van der Waals surface area contributed by atoms with Gasteiger partial charge < -0.3 is 14.6 Å². The molecule has 0 spiro atoms. The second kappa shape index (κ2) is 6.70. The molecule has 0 aliphatic carbocycles. The highest BCUT2D eigenvalue weighted by atomic mass is 16.5. The van der Waals surface area contributed by atoms with Gasteiger partial charge >= 0.3 is 0 Å². The third-order valence-corrected chi connectivity index (χ3v) is 3.34. The van der Waals surface area contributed by atoms with Crippen LogP contribution in [-0.2, 0) is 6.37 Å². The standard InChI is InChI=1S/C19H29NO3/c1-12(2)7-14-11-20-6-5-13-8-18(22-3)19(23-4)9-15(13)16(20)10-17(14)21/h8-9,12,14,16-17,21H,5-7,10-11H2,1-4H3/i1D3,2D3,4D3,5D2,6D2,7D2,8D,9D,10D2,12D,14D,17D. The van der Waals surface area contributed by atoms with Crippen LogP contribution in [0.1, 0.15) is 73.8 Å². The maximum atomic E-state index is 11.4. The first-order valence-corrected chi connectivity index (χ1v) is 6.47. The first kappa shape index (κ1) is 4.47. The largest absolute Gasteiger partial charge is 0.493 e. The van der Waals surface area contributed by atoms with Gasteiger partial charge in [0.1, 0.15) is 0 Å². The zero-order valence-electron chi connectivity index (χ0n) is 34.0. The van der Waals surface area contributed by atoms with Gasteiger partial charge in [0, 0.05) is 41.0 Å². The molecule has 0 bridgehead atoms. The summed E-state index contributed by atoms with van der Waals surface area (Å²) in [4.78, 5) is 0.0334. The molecular formula is C19H29NO3. The van der Waals surface area contributed by atoms with Crippen molar-refractivity contribution >= 4 is 0 Å². The van der Waals surface area contributed by atoms with Gasteiger partial charge in [-0.25, -0.2) is 0 Å². The summed E-state index contributed by atoms with van der Waals surface area (Å²) in [5.74, 6) is -10.4. The van der Waals surface area contributed by atoms with Gasteiger partial charge in [-0.1, -0.05) is 13.7 Å². The number of ether oxygens (including phenoxy) is 2. The maximum Gasteiger partial charge on any atom is 0.161 e. The number of piperidine rings is 1. The van der Waals surface area contributed by atoms with Crippen LogP contribution in [0.5, 0.6) is 11.5 Å². The molecule has 4 heteroatoms. The molecule has 0 amide bonds. The summed E-state index contributed by atoms with van der Waals surface area (Å²) >= 11 is 0. The number of rotatable bonds is 4. The summed E-state index contributed by atoms with van der Waals surface area (Å²) in [6, 6.07) is -4.94. The Morgan fingerprint density at radius 1 is 1.57 bits per heavy atom. The summed E-state index contributed by atoms with van der Waals surface area (Å²) in [5.41, 5.74) is -2.16. The second-order valence-corrected chi connectivity index (χ2v) is 4.74. The minimum absolute atomic E-state index is 0.0334. The van der Waals surface area contributed by atoms with E-state index in [-0.39, 0.29) is 4.90 Å². The monoisotopic (exact) mass is 341 g/mol. The third kappa shape index (κ3) is 3.20. The van der Waals surface area contributed by atoms with Crippen LogP contribution >= 0.6 is 0 Å². The molecule has 2 heterocycles. The van der Waals surface area contributed by atoms with Crippen LogP contribution in [-0.4, -0.2) is 43.3 Å². The van der Waals surface area contributed by atoms with Crippen LogP contribution in [0.2, 0.25) is 0 Å². The maximum absolute atomic E-state index is 11.4. The lowest BCUT2D eigenvalue weighted by Crippen LogP contribution is -2.48. The van der Waals surface area contributed by atoms with Crippen LogP contribution in [0.4, 0.5) is 0 Å². The Balaban J connectivity index is 2.55. The molecule has 0 radical (unpaired) electrons. The fourth-order valence-corrected chi connectivity index (χ4v) is 2.34. The van der Waals surface area contributed by atoms with Gasteiger partial charge in [-0.3, -0.25) is 4.90 Å². The van der Waals surface area contributed by atoms with Gasteiger partial charge in [0.2, 0.25) is 0 Å². The zero-order valence-corrected chi connectivity index (χ0v) is 12.0. The lowest BCUT2D eigenvalue weighted by molar-refractivity contribution is -0.0191. The van der Waals surface area contributed by atoms with Crippen molar-refractivity contribution in [1.29, 1.82) is 0 Å². The summed E-state index contributed by atoms with van der Waals surface area (Å²) in [6.45, 7) is -13.8. The normalized spacial score (nSPS) is 57.2. The Labute approximate surface area is 170 Å². The highest BCUT2D eigenvalue weighted by Crippen LogP contribution is 2.43. The van der Waals surface area contributed by atoms with Crippen molar-refractivity contribution in [2.24, 2.45) is 11.8 Å². The number of methoxy groups -OCH3 is 2. The molecule has 2 aliphatic rings. The molecule has 1 N–H and O–H groups in total. The molecule has 1 fully saturated rings. The summed E-state index contributed by atoms with van der Waals surface area (Å²) < 4.78 is 191. The average molecular weight is 342 g/mol. The Hall–Kier alpha value is -1.26. The molecule has 23 heavy (non-hydrogen) atoms. The first-order chi connectivity index (χ1) is 19.6. The lowest BCUT2D eigenvalue weighted by atomic mass is 9.79. The Bertz CT molecular complexity index is 1350. The fraction of sp³-hybridized carbons (Fsp3) is 0.684. The third-order valence-electron chi connectivity index (χ3n) is 3.34. The molecule has 1 aromatic rings. The highest BCUT2D eigenvalue weighted by molar-refractivity contribution is 5.49. The predicted molar refractivity (Wildman–Crippen MR) is 91.1 cm³/mol. The van der Waals surface area contributed by atoms with Crippen LogP contribution in [0.15, 0.2) is 12.1 Å². The zero-order chi connectivity index (χ0) is 35.7. The van der Waals surface area contributed by atoms with E-state index >= 15 is 0 Å². The van der Waals surface area contributed by atoms with E-state index in [2.05, 4.69) is 0 Å². The molecule has 4 nitrogen and oxygen atoms in total. The number of hydrogen-bond acceptors (Lipinski definition) is 4. The molecule has 128 valence electrons. The van der Waals surface area contributed by atoms with E-state index in [1.807, 2.05) is 0 Å². The predicted octanol–water partition coefficient (Wildman–Crippen LogP) is 3.03. The van der Waals surface area contributed by atoms with Gasteiger partial charge in [0.25, 0.3) is 0 Å². The van der Waals surface area contributed by atoms with Gasteiger partial charge in [-0.05, 0) is 54.1 Å². The summed E-state index contributed by atoms with van der Waals surface area (Å²) in [7, 11) is -2.46. The van der Waals surface area contributed by atoms with E-state index in [4.69, 9.17) is 39.6 Å². The lowest BCUT2D eigenvalue weighted by Gasteiger charge is -2.46. The molecule has 3 unspecified atom stereocenters. The highest BCUT2D eigenvalue weighted by Gasteiger charge is 2.38. The van der Waals surface area contributed by atoms with Crippen LogP contribution < -0.4 is 9.47 Å². The van der Waals surface area contributed by atoms with Crippen LogP contribution in [0, 0.1) is 11.8 Å². The van der Waals surface area contributed by atoms with Crippen LogP contribution in [0.3, 0.4) is 0 Å². The quantitative estimate of drug-likeness (QED) is 0.914. The van der Waals surface area contributed by atoms with Crippen molar-refractivity contribution in [3.8, 4) is 11.5 Å².